The Kier molecular flexibility index (Phi) is 5.05. The number of hydrogen-bond donors (Lipinski definition) is 0. The van der Waals surface area contributed by atoms with Crippen molar-refractivity contribution in [1.82, 2.24) is 4.57 Å². The highest BCUT2D eigenvalue weighted by Crippen LogP contribution is 2.19. The summed E-state index contributed by atoms with van der Waals surface area (Å²) in [5, 5.41) is 11.4. The Morgan fingerprint density at radius 1 is 1.09 bits per heavy atom. The summed E-state index contributed by atoms with van der Waals surface area (Å²) < 4.78 is 2.17. The lowest BCUT2D eigenvalue weighted by Crippen LogP contribution is -2.14. The average Bonchev–Trinajstić information content (AvgIpc) is 3.00. The molecule has 0 aliphatic carbocycles. The largest absolute Gasteiger partial charge is 0.315 e. The molecule has 0 unspecified atom stereocenters. The van der Waals surface area contributed by atoms with Crippen LogP contribution in [0.25, 0.3) is 11.3 Å². The second-order valence-corrected chi connectivity index (χ2v) is 6.18. The summed E-state index contributed by atoms with van der Waals surface area (Å²) >= 11 is 7.47. The van der Waals surface area contributed by atoms with Crippen molar-refractivity contribution in [1.29, 1.82) is 0 Å². The van der Waals surface area contributed by atoms with Crippen molar-refractivity contribution in [2.45, 2.75) is 13.5 Å². The molecule has 0 saturated heterocycles. The van der Waals surface area contributed by atoms with E-state index in [1.807, 2.05) is 42.5 Å². The van der Waals surface area contributed by atoms with Gasteiger partial charge in [0.05, 0.1) is 11.9 Å². The van der Waals surface area contributed by atoms with E-state index in [-0.39, 0.29) is 0 Å². The molecule has 1 heterocycles. The van der Waals surface area contributed by atoms with Gasteiger partial charge in [-0.25, -0.2) is 0 Å². The molecule has 0 amide bonds. The lowest BCUT2D eigenvalue weighted by Gasteiger charge is -2.05. The van der Waals surface area contributed by atoms with Crippen LogP contribution in [0.15, 0.2) is 70.2 Å². The van der Waals surface area contributed by atoms with Gasteiger partial charge >= 0.3 is 0 Å². The first-order valence-corrected chi connectivity index (χ1v) is 8.60. The third-order valence-electron chi connectivity index (χ3n) is 3.40. The summed E-state index contributed by atoms with van der Waals surface area (Å²) in [6.07, 6.45) is 1.73. The second kappa shape index (κ2) is 7.40. The van der Waals surface area contributed by atoms with Crippen molar-refractivity contribution in [2.24, 2.45) is 10.2 Å². The van der Waals surface area contributed by atoms with Gasteiger partial charge in [-0.3, -0.25) is 0 Å². The standard InChI is InChI=1S/C18H16ClN3S/c1-2-22-17(15-6-4-3-5-7-15)13-23-18(22)21-20-12-14-8-10-16(19)11-9-14/h3-13H,2H2,1H3/b20-12-,21-18-. The minimum atomic E-state index is 0.716. The van der Waals surface area contributed by atoms with Crippen LogP contribution in [0, 0.1) is 0 Å². The normalized spacial score (nSPS) is 12.2. The van der Waals surface area contributed by atoms with Crippen LogP contribution in [0.4, 0.5) is 0 Å². The lowest BCUT2D eigenvalue weighted by molar-refractivity contribution is 0.737. The molecule has 0 aliphatic heterocycles. The summed E-state index contributed by atoms with van der Waals surface area (Å²) in [5.41, 5.74) is 3.33. The topological polar surface area (TPSA) is 29.6 Å². The van der Waals surface area contributed by atoms with E-state index in [0.29, 0.717) is 5.02 Å². The number of hydrogen-bond acceptors (Lipinski definition) is 3. The summed E-state index contributed by atoms with van der Waals surface area (Å²) in [4.78, 5) is 0.886. The molecule has 0 aliphatic rings. The van der Waals surface area contributed by atoms with Crippen LogP contribution in [-0.2, 0) is 6.54 Å². The highest BCUT2D eigenvalue weighted by Gasteiger charge is 2.05. The molecular weight excluding hydrogens is 326 g/mol. The van der Waals surface area contributed by atoms with Crippen LogP contribution in [-0.4, -0.2) is 10.8 Å². The van der Waals surface area contributed by atoms with Crippen molar-refractivity contribution < 1.29 is 0 Å². The molecule has 3 rings (SSSR count). The van der Waals surface area contributed by atoms with E-state index >= 15 is 0 Å². The van der Waals surface area contributed by atoms with Crippen molar-refractivity contribution >= 4 is 29.2 Å². The molecule has 116 valence electrons. The number of rotatable bonds is 4. The van der Waals surface area contributed by atoms with E-state index in [0.717, 1.165) is 16.9 Å². The monoisotopic (exact) mass is 341 g/mol. The fourth-order valence-electron chi connectivity index (χ4n) is 2.25. The van der Waals surface area contributed by atoms with Crippen molar-refractivity contribution in [2.75, 3.05) is 0 Å². The van der Waals surface area contributed by atoms with E-state index in [2.05, 4.69) is 39.2 Å². The summed E-state index contributed by atoms with van der Waals surface area (Å²) in [7, 11) is 0. The molecule has 0 spiro atoms. The van der Waals surface area contributed by atoms with E-state index in [4.69, 9.17) is 11.6 Å². The van der Waals surface area contributed by atoms with Crippen LogP contribution >= 0.6 is 22.9 Å². The number of aromatic nitrogens is 1. The zero-order chi connectivity index (χ0) is 16.1. The average molecular weight is 342 g/mol. The van der Waals surface area contributed by atoms with Gasteiger partial charge in [-0.2, -0.15) is 5.10 Å². The zero-order valence-corrected chi connectivity index (χ0v) is 14.3. The molecule has 3 nitrogen and oxygen atoms in total. The Labute approximate surface area is 144 Å². The first kappa shape index (κ1) is 15.7. The maximum atomic E-state index is 5.87. The smallest absolute Gasteiger partial charge is 0.211 e. The van der Waals surface area contributed by atoms with Crippen LogP contribution in [0.5, 0.6) is 0 Å². The van der Waals surface area contributed by atoms with Gasteiger partial charge < -0.3 is 4.57 Å². The predicted molar refractivity (Wildman–Crippen MR) is 98.0 cm³/mol. The van der Waals surface area contributed by atoms with E-state index in [1.54, 1.807) is 17.6 Å². The number of thiazole rings is 1. The van der Waals surface area contributed by atoms with Crippen LogP contribution in [0.3, 0.4) is 0 Å². The fraction of sp³-hybridized carbons (Fsp3) is 0.111. The van der Waals surface area contributed by atoms with Crippen molar-refractivity contribution in [3.05, 3.63) is 75.4 Å². The third kappa shape index (κ3) is 3.78. The third-order valence-corrected chi connectivity index (χ3v) is 4.51. The van der Waals surface area contributed by atoms with Crippen LogP contribution in [0.1, 0.15) is 12.5 Å². The summed E-state index contributed by atoms with van der Waals surface area (Å²) in [5.74, 6) is 0. The van der Waals surface area contributed by atoms with Crippen LogP contribution < -0.4 is 4.80 Å². The van der Waals surface area contributed by atoms with Gasteiger partial charge in [0.25, 0.3) is 0 Å². The van der Waals surface area contributed by atoms with Gasteiger partial charge in [0.15, 0.2) is 0 Å². The summed E-state index contributed by atoms with van der Waals surface area (Å²) in [6, 6.07) is 17.8. The van der Waals surface area contributed by atoms with Gasteiger partial charge in [0, 0.05) is 16.9 Å². The van der Waals surface area contributed by atoms with Crippen molar-refractivity contribution in [3.8, 4) is 11.3 Å². The number of halogens is 1. The lowest BCUT2D eigenvalue weighted by atomic mass is 10.2. The maximum Gasteiger partial charge on any atom is 0.211 e. The Balaban J connectivity index is 1.91. The van der Waals surface area contributed by atoms with Gasteiger partial charge in [-0.05, 0) is 30.2 Å². The minimum absolute atomic E-state index is 0.716. The predicted octanol–water partition coefficient (Wildman–Crippen LogP) is 4.82. The number of nitrogens with zero attached hydrogens (tertiary/aromatic N) is 3. The molecule has 0 saturated carbocycles. The Morgan fingerprint density at radius 2 is 1.83 bits per heavy atom. The molecule has 5 heteroatoms. The highest BCUT2D eigenvalue weighted by molar-refractivity contribution is 7.07. The first-order valence-electron chi connectivity index (χ1n) is 7.34. The van der Waals surface area contributed by atoms with Crippen molar-refractivity contribution in [3.63, 3.8) is 0 Å². The Morgan fingerprint density at radius 3 is 2.52 bits per heavy atom. The molecule has 23 heavy (non-hydrogen) atoms. The summed E-state index contributed by atoms with van der Waals surface area (Å²) in [6.45, 7) is 2.96. The molecule has 0 radical (unpaired) electrons. The molecule has 0 fully saturated rings. The fourth-order valence-corrected chi connectivity index (χ4v) is 3.30. The van der Waals surface area contributed by atoms with Gasteiger partial charge in [0.2, 0.25) is 4.80 Å². The Bertz CT molecular complexity index is 861. The van der Waals surface area contributed by atoms with E-state index < -0.39 is 0 Å². The SMILES string of the molecule is CCn1c(-c2ccccc2)cs/c1=N\N=C/c1ccc(Cl)cc1. The molecular formula is C18H16ClN3S. The molecule has 0 atom stereocenters. The molecule has 2 aromatic carbocycles. The highest BCUT2D eigenvalue weighted by atomic mass is 35.5. The number of benzene rings is 2. The molecule has 3 aromatic rings. The first-order chi connectivity index (χ1) is 11.3. The van der Waals surface area contributed by atoms with Gasteiger partial charge in [-0.1, -0.05) is 54.1 Å². The molecule has 1 aromatic heterocycles. The minimum Gasteiger partial charge on any atom is -0.315 e. The maximum absolute atomic E-state index is 5.87. The zero-order valence-electron chi connectivity index (χ0n) is 12.7. The quantitative estimate of drug-likeness (QED) is 0.481. The molecule has 0 bridgehead atoms. The second-order valence-electron chi connectivity index (χ2n) is 4.91. The van der Waals surface area contributed by atoms with Gasteiger partial charge in [0.1, 0.15) is 0 Å². The Hall–Kier alpha value is -2.17. The molecule has 0 N–H and O–H groups in total. The van der Waals surface area contributed by atoms with E-state index in [1.165, 1.54) is 11.3 Å². The van der Waals surface area contributed by atoms with E-state index in [9.17, 15) is 0 Å². The van der Waals surface area contributed by atoms with Crippen LogP contribution in [0.2, 0.25) is 5.02 Å². The van der Waals surface area contributed by atoms with Gasteiger partial charge in [-0.15, -0.1) is 16.4 Å².